The molecule has 0 aliphatic heterocycles. The van der Waals surface area contributed by atoms with Gasteiger partial charge in [0.05, 0.1) is 36.1 Å². The van der Waals surface area contributed by atoms with E-state index >= 15 is 0 Å². The van der Waals surface area contributed by atoms with Crippen LogP contribution in [0.1, 0.15) is 22.6 Å². The summed E-state index contributed by atoms with van der Waals surface area (Å²) in [6, 6.07) is 9.83. The number of thioether (sulfide) groups is 1. The zero-order valence-corrected chi connectivity index (χ0v) is 17.3. The van der Waals surface area contributed by atoms with Gasteiger partial charge in [-0.1, -0.05) is 17.8 Å². The molecule has 1 aromatic carbocycles. The van der Waals surface area contributed by atoms with Crippen molar-refractivity contribution in [3.63, 3.8) is 0 Å². The third-order valence-corrected chi connectivity index (χ3v) is 5.72. The van der Waals surface area contributed by atoms with E-state index in [4.69, 9.17) is 4.42 Å². The van der Waals surface area contributed by atoms with Gasteiger partial charge in [0.2, 0.25) is 5.91 Å². The Balaban J connectivity index is 1.59. The number of benzene rings is 1. The Hall–Kier alpha value is -3.13. The van der Waals surface area contributed by atoms with Gasteiger partial charge in [0.25, 0.3) is 0 Å². The molecule has 0 saturated heterocycles. The van der Waals surface area contributed by atoms with Gasteiger partial charge in [-0.15, -0.1) is 5.10 Å². The van der Waals surface area contributed by atoms with E-state index in [1.54, 1.807) is 18.5 Å². The van der Waals surface area contributed by atoms with Crippen LogP contribution in [-0.4, -0.2) is 31.6 Å². The molecule has 148 valence electrons. The molecule has 0 atom stereocenters. The fraction of sp³-hybridized carbons (Fsp3) is 0.238. The standard InChI is InChI=1S/C21H21N5O2S/c1-13-6-7-16(9-14(13)2)26-20-18(11-23-26)15(3)24-25-21(20)29-12-19(27)22-10-17-5-4-8-28-17/h4-9,11H,10,12H2,1-3H3,(H,22,27). The number of carbonyl (C=O) groups excluding carboxylic acids is 1. The highest BCUT2D eigenvalue weighted by Gasteiger charge is 2.16. The fourth-order valence-electron chi connectivity index (χ4n) is 2.97. The van der Waals surface area contributed by atoms with Crippen molar-refractivity contribution in [2.45, 2.75) is 32.3 Å². The van der Waals surface area contributed by atoms with Gasteiger partial charge in [-0.05, 0) is 56.2 Å². The van der Waals surface area contributed by atoms with Crippen LogP contribution in [0.3, 0.4) is 0 Å². The quantitative estimate of drug-likeness (QED) is 0.490. The first-order valence-electron chi connectivity index (χ1n) is 9.23. The van der Waals surface area contributed by atoms with Gasteiger partial charge in [-0.2, -0.15) is 10.2 Å². The largest absolute Gasteiger partial charge is 0.467 e. The Kier molecular flexibility index (Phi) is 5.35. The monoisotopic (exact) mass is 407 g/mol. The highest BCUT2D eigenvalue weighted by molar-refractivity contribution is 8.00. The topological polar surface area (TPSA) is 85.8 Å². The highest BCUT2D eigenvalue weighted by Crippen LogP contribution is 2.29. The maximum absolute atomic E-state index is 12.2. The lowest BCUT2D eigenvalue weighted by Gasteiger charge is -2.10. The molecule has 29 heavy (non-hydrogen) atoms. The van der Waals surface area contributed by atoms with Crippen molar-refractivity contribution in [1.29, 1.82) is 0 Å². The molecule has 0 aliphatic carbocycles. The average molecular weight is 407 g/mol. The van der Waals surface area contributed by atoms with Gasteiger partial charge in [0.1, 0.15) is 16.3 Å². The third-order valence-electron chi connectivity index (χ3n) is 4.77. The molecule has 0 aliphatic rings. The normalized spacial score (nSPS) is 11.1. The predicted octanol–water partition coefficient (Wildman–Crippen LogP) is 3.74. The predicted molar refractivity (Wildman–Crippen MR) is 112 cm³/mol. The van der Waals surface area contributed by atoms with E-state index in [1.165, 1.54) is 22.9 Å². The Morgan fingerprint density at radius 2 is 2.03 bits per heavy atom. The lowest BCUT2D eigenvalue weighted by Crippen LogP contribution is -2.24. The molecule has 0 bridgehead atoms. The molecule has 0 fully saturated rings. The molecular formula is C21H21N5O2S. The summed E-state index contributed by atoms with van der Waals surface area (Å²) >= 11 is 1.35. The van der Waals surface area contributed by atoms with Crippen LogP contribution in [0.2, 0.25) is 0 Å². The summed E-state index contributed by atoms with van der Waals surface area (Å²) in [5.74, 6) is 0.846. The van der Waals surface area contributed by atoms with E-state index in [0.29, 0.717) is 17.3 Å². The molecule has 3 aromatic heterocycles. The minimum atomic E-state index is -0.0980. The van der Waals surface area contributed by atoms with Crippen molar-refractivity contribution in [3.8, 4) is 5.69 Å². The molecule has 0 radical (unpaired) electrons. The lowest BCUT2D eigenvalue weighted by molar-refractivity contribution is -0.118. The summed E-state index contributed by atoms with van der Waals surface area (Å²) in [7, 11) is 0. The molecule has 1 amide bonds. The summed E-state index contributed by atoms with van der Waals surface area (Å²) in [5, 5.41) is 17.6. The second-order valence-corrected chi connectivity index (χ2v) is 7.79. The molecule has 8 heteroatoms. The SMILES string of the molecule is Cc1ccc(-n2ncc3c(C)nnc(SCC(=O)NCc4ccco4)c32)cc1C. The Morgan fingerprint density at radius 3 is 2.79 bits per heavy atom. The van der Waals surface area contributed by atoms with Crippen LogP contribution in [0.15, 0.2) is 52.2 Å². The van der Waals surface area contributed by atoms with Gasteiger partial charge in [-0.25, -0.2) is 4.68 Å². The van der Waals surface area contributed by atoms with Crippen LogP contribution in [0, 0.1) is 20.8 Å². The molecule has 7 nitrogen and oxygen atoms in total. The average Bonchev–Trinajstić information content (AvgIpc) is 3.38. The van der Waals surface area contributed by atoms with E-state index in [2.05, 4.69) is 46.6 Å². The lowest BCUT2D eigenvalue weighted by atomic mass is 10.1. The van der Waals surface area contributed by atoms with Crippen LogP contribution >= 0.6 is 11.8 Å². The van der Waals surface area contributed by atoms with E-state index in [0.717, 1.165) is 22.3 Å². The van der Waals surface area contributed by atoms with Crippen LogP contribution < -0.4 is 5.32 Å². The van der Waals surface area contributed by atoms with Crippen LogP contribution in [0.25, 0.3) is 16.6 Å². The number of fused-ring (bicyclic) bond motifs is 1. The molecular weight excluding hydrogens is 386 g/mol. The van der Waals surface area contributed by atoms with Crippen LogP contribution in [0.5, 0.6) is 0 Å². The second-order valence-electron chi connectivity index (χ2n) is 6.82. The molecule has 0 saturated carbocycles. The van der Waals surface area contributed by atoms with Gasteiger partial charge in [0.15, 0.2) is 0 Å². The molecule has 3 heterocycles. The molecule has 0 unspecified atom stereocenters. The highest BCUT2D eigenvalue weighted by atomic mass is 32.2. The van der Waals surface area contributed by atoms with Crippen molar-refractivity contribution in [1.82, 2.24) is 25.3 Å². The van der Waals surface area contributed by atoms with Crippen LogP contribution in [0.4, 0.5) is 0 Å². The number of hydrogen-bond acceptors (Lipinski definition) is 6. The first-order valence-corrected chi connectivity index (χ1v) is 10.2. The first kappa shape index (κ1) is 19.2. The zero-order valence-electron chi connectivity index (χ0n) is 16.5. The minimum Gasteiger partial charge on any atom is -0.467 e. The van der Waals surface area contributed by atoms with Gasteiger partial charge in [0, 0.05) is 5.39 Å². The van der Waals surface area contributed by atoms with E-state index in [-0.39, 0.29) is 11.7 Å². The number of nitrogens with zero attached hydrogens (tertiary/aromatic N) is 4. The number of aromatic nitrogens is 4. The molecule has 1 N–H and O–H groups in total. The van der Waals surface area contributed by atoms with Gasteiger partial charge < -0.3 is 9.73 Å². The summed E-state index contributed by atoms with van der Waals surface area (Å²) in [5.41, 5.74) is 5.05. The fourth-order valence-corrected chi connectivity index (χ4v) is 3.78. The number of carbonyl (C=O) groups is 1. The molecule has 0 spiro atoms. The van der Waals surface area contributed by atoms with Crippen molar-refractivity contribution in [3.05, 3.63) is 65.4 Å². The van der Waals surface area contributed by atoms with Crippen molar-refractivity contribution >= 4 is 28.6 Å². The summed E-state index contributed by atoms with van der Waals surface area (Å²) < 4.78 is 7.10. The number of nitrogens with one attached hydrogen (secondary N) is 1. The first-order chi connectivity index (χ1) is 14.0. The number of aryl methyl sites for hydroxylation is 3. The third kappa shape index (κ3) is 4.02. The van der Waals surface area contributed by atoms with Gasteiger partial charge in [-0.3, -0.25) is 4.79 Å². The minimum absolute atomic E-state index is 0.0980. The second kappa shape index (κ2) is 8.08. The Bertz CT molecular complexity index is 1170. The van der Waals surface area contributed by atoms with Gasteiger partial charge >= 0.3 is 0 Å². The zero-order chi connectivity index (χ0) is 20.4. The number of rotatable bonds is 6. The van der Waals surface area contributed by atoms with E-state index in [1.807, 2.05) is 23.7 Å². The summed E-state index contributed by atoms with van der Waals surface area (Å²) in [4.78, 5) is 12.2. The van der Waals surface area contributed by atoms with E-state index in [9.17, 15) is 4.79 Å². The van der Waals surface area contributed by atoms with Crippen LogP contribution in [-0.2, 0) is 11.3 Å². The maximum atomic E-state index is 12.2. The number of hydrogen-bond donors (Lipinski definition) is 1. The van der Waals surface area contributed by atoms with Crippen molar-refractivity contribution in [2.24, 2.45) is 0 Å². The van der Waals surface area contributed by atoms with Crippen molar-refractivity contribution < 1.29 is 9.21 Å². The van der Waals surface area contributed by atoms with Crippen molar-refractivity contribution in [2.75, 3.05) is 5.75 Å². The number of furan rings is 1. The Morgan fingerprint density at radius 1 is 1.17 bits per heavy atom. The smallest absolute Gasteiger partial charge is 0.230 e. The Labute approximate surface area is 172 Å². The molecule has 4 aromatic rings. The number of amides is 1. The van der Waals surface area contributed by atoms with E-state index < -0.39 is 0 Å². The summed E-state index contributed by atoms with van der Waals surface area (Å²) in [6.45, 7) is 6.43. The summed E-state index contributed by atoms with van der Waals surface area (Å²) in [6.07, 6.45) is 3.39. The maximum Gasteiger partial charge on any atom is 0.230 e. The molecule has 4 rings (SSSR count).